The van der Waals surface area contributed by atoms with E-state index in [-0.39, 0.29) is 22.8 Å². The number of Topliss-reactive ketones (excluding diaryl/α,β-unsaturated/α-hetero) is 1. The molecular weight excluding hydrogens is 246 g/mol. The predicted octanol–water partition coefficient (Wildman–Crippen LogP) is 3.59. The summed E-state index contributed by atoms with van der Waals surface area (Å²) in [6, 6.07) is 12.9. The molecule has 2 aromatic rings. The lowest BCUT2D eigenvalue weighted by molar-refractivity contribution is -0.385. The normalized spacial score (nSPS) is 9.95. The number of benzene rings is 2. The van der Waals surface area contributed by atoms with Gasteiger partial charge in [-0.15, -0.1) is 0 Å². The van der Waals surface area contributed by atoms with E-state index >= 15 is 0 Å². The Bertz CT molecular complexity index is 590. The molecule has 0 aliphatic heterocycles. The monoisotopic (exact) mass is 257 g/mol. The van der Waals surface area contributed by atoms with Crippen molar-refractivity contribution < 1.29 is 14.5 Å². The Kier molecular flexibility index (Phi) is 3.56. The zero-order valence-electron chi connectivity index (χ0n) is 10.2. The first-order valence-corrected chi connectivity index (χ1v) is 5.61. The third kappa shape index (κ3) is 2.77. The van der Waals surface area contributed by atoms with Crippen LogP contribution in [0.5, 0.6) is 11.5 Å². The molecule has 0 saturated carbocycles. The van der Waals surface area contributed by atoms with Crippen LogP contribution in [0.2, 0.25) is 0 Å². The Morgan fingerprint density at radius 2 is 1.79 bits per heavy atom. The van der Waals surface area contributed by atoms with E-state index in [1.165, 1.54) is 25.1 Å². The van der Waals surface area contributed by atoms with Crippen LogP contribution in [0.3, 0.4) is 0 Å². The maximum absolute atomic E-state index is 11.5. The summed E-state index contributed by atoms with van der Waals surface area (Å²) in [5.41, 5.74) is -0.0328. The molecule has 0 heterocycles. The molecule has 0 unspecified atom stereocenters. The van der Waals surface area contributed by atoms with Crippen molar-refractivity contribution in [2.75, 3.05) is 0 Å². The third-order valence-corrected chi connectivity index (χ3v) is 2.53. The second-order valence-corrected chi connectivity index (χ2v) is 3.88. The van der Waals surface area contributed by atoms with Crippen LogP contribution in [-0.4, -0.2) is 10.7 Å². The van der Waals surface area contributed by atoms with Gasteiger partial charge in [0.05, 0.1) is 10.5 Å². The molecule has 5 heteroatoms. The van der Waals surface area contributed by atoms with Crippen LogP contribution in [0, 0.1) is 10.1 Å². The van der Waals surface area contributed by atoms with Crippen molar-refractivity contribution in [1.29, 1.82) is 0 Å². The van der Waals surface area contributed by atoms with Gasteiger partial charge in [0.1, 0.15) is 5.75 Å². The number of nitrogens with zero attached hydrogens (tertiary/aromatic N) is 1. The first-order valence-electron chi connectivity index (χ1n) is 5.61. The Morgan fingerprint density at radius 3 is 2.37 bits per heavy atom. The zero-order valence-corrected chi connectivity index (χ0v) is 10.2. The quantitative estimate of drug-likeness (QED) is 0.476. The van der Waals surface area contributed by atoms with Gasteiger partial charge in [-0.05, 0) is 25.1 Å². The SMILES string of the molecule is CC(=O)c1cccc([N+](=O)[O-])c1Oc1ccccc1. The number of hydrogen-bond acceptors (Lipinski definition) is 4. The Morgan fingerprint density at radius 1 is 1.11 bits per heavy atom. The highest BCUT2D eigenvalue weighted by Crippen LogP contribution is 2.34. The van der Waals surface area contributed by atoms with Gasteiger partial charge in [0, 0.05) is 6.07 Å². The minimum Gasteiger partial charge on any atom is -0.449 e. The van der Waals surface area contributed by atoms with Crippen molar-refractivity contribution in [3.8, 4) is 11.5 Å². The minimum absolute atomic E-state index is 0.0220. The largest absolute Gasteiger partial charge is 0.449 e. The van der Waals surface area contributed by atoms with Crippen LogP contribution < -0.4 is 4.74 Å². The van der Waals surface area contributed by atoms with Gasteiger partial charge in [0.25, 0.3) is 0 Å². The topological polar surface area (TPSA) is 69.4 Å². The lowest BCUT2D eigenvalue weighted by Crippen LogP contribution is -2.01. The highest BCUT2D eigenvalue weighted by molar-refractivity contribution is 5.98. The molecule has 0 atom stereocenters. The smallest absolute Gasteiger partial charge is 0.312 e. The first-order chi connectivity index (χ1) is 9.09. The molecule has 96 valence electrons. The van der Waals surface area contributed by atoms with Crippen LogP contribution in [0.15, 0.2) is 48.5 Å². The molecule has 0 aliphatic rings. The molecule has 0 bridgehead atoms. The van der Waals surface area contributed by atoms with Crippen LogP contribution in [0.1, 0.15) is 17.3 Å². The van der Waals surface area contributed by atoms with E-state index in [9.17, 15) is 14.9 Å². The van der Waals surface area contributed by atoms with Crippen LogP contribution in [0.4, 0.5) is 5.69 Å². The fourth-order valence-electron chi connectivity index (χ4n) is 1.66. The maximum atomic E-state index is 11.5. The van der Waals surface area contributed by atoms with E-state index in [1.807, 2.05) is 0 Å². The van der Waals surface area contributed by atoms with Crippen LogP contribution in [0.25, 0.3) is 0 Å². The van der Waals surface area contributed by atoms with Gasteiger partial charge < -0.3 is 4.74 Å². The molecule has 0 saturated heterocycles. The van der Waals surface area contributed by atoms with Gasteiger partial charge in [-0.2, -0.15) is 0 Å². The highest BCUT2D eigenvalue weighted by Gasteiger charge is 2.21. The highest BCUT2D eigenvalue weighted by atomic mass is 16.6. The molecule has 0 fully saturated rings. The molecule has 2 rings (SSSR count). The van der Waals surface area contributed by atoms with Crippen LogP contribution in [-0.2, 0) is 0 Å². The number of nitro benzene ring substituents is 1. The lowest BCUT2D eigenvalue weighted by Gasteiger charge is -2.09. The summed E-state index contributed by atoms with van der Waals surface area (Å²) in [5, 5.41) is 11.0. The second kappa shape index (κ2) is 5.30. The zero-order chi connectivity index (χ0) is 13.8. The average Bonchev–Trinajstić information content (AvgIpc) is 2.39. The van der Waals surface area contributed by atoms with Gasteiger partial charge in [-0.1, -0.05) is 24.3 Å². The standard InChI is InChI=1S/C14H11NO4/c1-10(16)12-8-5-9-13(15(17)18)14(12)19-11-6-3-2-4-7-11/h2-9H,1H3. The molecule has 0 amide bonds. The predicted molar refractivity (Wildman–Crippen MR) is 69.6 cm³/mol. The van der Waals surface area contributed by atoms with Crippen molar-refractivity contribution in [2.45, 2.75) is 6.92 Å². The molecule has 2 aromatic carbocycles. The molecule has 0 spiro atoms. The molecule has 0 aromatic heterocycles. The van der Waals surface area contributed by atoms with Gasteiger partial charge in [-0.3, -0.25) is 14.9 Å². The fourth-order valence-corrected chi connectivity index (χ4v) is 1.66. The van der Waals surface area contributed by atoms with Crippen molar-refractivity contribution in [3.63, 3.8) is 0 Å². The number of ketones is 1. The Labute approximate surface area is 109 Å². The summed E-state index contributed by atoms with van der Waals surface area (Å²) >= 11 is 0. The molecule has 5 nitrogen and oxygen atoms in total. The van der Waals surface area contributed by atoms with Gasteiger partial charge >= 0.3 is 5.69 Å². The van der Waals surface area contributed by atoms with Gasteiger partial charge in [0.15, 0.2) is 5.78 Å². The average molecular weight is 257 g/mol. The number of para-hydroxylation sites is 2. The summed E-state index contributed by atoms with van der Waals surface area (Å²) < 4.78 is 5.50. The number of ether oxygens (including phenoxy) is 1. The van der Waals surface area contributed by atoms with Gasteiger partial charge in [-0.25, -0.2) is 0 Å². The number of carbonyl (C=O) groups is 1. The number of rotatable bonds is 4. The molecule has 0 N–H and O–H groups in total. The summed E-state index contributed by atoms with van der Waals surface area (Å²) in [5.74, 6) is 0.139. The number of carbonyl (C=O) groups excluding carboxylic acids is 1. The second-order valence-electron chi connectivity index (χ2n) is 3.88. The van der Waals surface area contributed by atoms with E-state index < -0.39 is 4.92 Å². The van der Waals surface area contributed by atoms with Crippen molar-refractivity contribution in [2.24, 2.45) is 0 Å². The van der Waals surface area contributed by atoms with E-state index in [4.69, 9.17) is 4.74 Å². The number of hydrogen-bond donors (Lipinski definition) is 0. The fraction of sp³-hybridized carbons (Fsp3) is 0.0714. The van der Waals surface area contributed by atoms with Crippen molar-refractivity contribution in [1.82, 2.24) is 0 Å². The lowest BCUT2D eigenvalue weighted by atomic mass is 10.1. The summed E-state index contributed by atoms with van der Waals surface area (Å²) in [6.45, 7) is 1.34. The first kappa shape index (κ1) is 12.8. The Hall–Kier alpha value is -2.69. The van der Waals surface area contributed by atoms with E-state index in [0.29, 0.717) is 5.75 Å². The molecule has 0 radical (unpaired) electrons. The number of nitro groups is 1. The van der Waals surface area contributed by atoms with E-state index in [1.54, 1.807) is 30.3 Å². The van der Waals surface area contributed by atoms with Crippen LogP contribution >= 0.6 is 0 Å². The summed E-state index contributed by atoms with van der Waals surface area (Å²) in [7, 11) is 0. The molecular formula is C14H11NO4. The molecule has 19 heavy (non-hydrogen) atoms. The van der Waals surface area contributed by atoms with Crippen molar-refractivity contribution >= 4 is 11.5 Å². The molecule has 0 aliphatic carbocycles. The van der Waals surface area contributed by atoms with E-state index in [0.717, 1.165) is 0 Å². The van der Waals surface area contributed by atoms with Crippen molar-refractivity contribution in [3.05, 3.63) is 64.2 Å². The third-order valence-electron chi connectivity index (χ3n) is 2.53. The summed E-state index contributed by atoms with van der Waals surface area (Å²) in [4.78, 5) is 22.0. The summed E-state index contributed by atoms with van der Waals surface area (Å²) in [6.07, 6.45) is 0. The Balaban J connectivity index is 2.52. The van der Waals surface area contributed by atoms with E-state index in [2.05, 4.69) is 0 Å². The van der Waals surface area contributed by atoms with Gasteiger partial charge in [0.2, 0.25) is 5.75 Å². The maximum Gasteiger partial charge on any atom is 0.312 e. The minimum atomic E-state index is -0.565.